The summed E-state index contributed by atoms with van der Waals surface area (Å²) in [5.41, 5.74) is 0.528. The first-order valence-electron chi connectivity index (χ1n) is 7.67. The molecule has 2 aliphatic rings. The minimum absolute atomic E-state index is 0.169. The Balaban J connectivity index is 1.70. The lowest BCUT2D eigenvalue weighted by Gasteiger charge is -2.42. The first-order valence-corrected chi connectivity index (χ1v) is 8.05. The second-order valence-corrected chi connectivity index (χ2v) is 7.20. The summed E-state index contributed by atoms with van der Waals surface area (Å²) in [6, 6.07) is 4.86. The molecule has 1 aromatic rings. The molecular weight excluding hydrogens is 275 g/mol. The molecule has 1 spiro atoms. The summed E-state index contributed by atoms with van der Waals surface area (Å²) in [4.78, 5) is 0. The lowest BCUT2D eigenvalue weighted by atomic mass is 9.66. The molecule has 1 nitrogen and oxygen atoms in total. The molecule has 2 aliphatic carbocycles. The molecular formula is C17H22ClFO. The van der Waals surface area contributed by atoms with Gasteiger partial charge in [-0.1, -0.05) is 36.6 Å². The molecule has 0 bridgehead atoms. The van der Waals surface area contributed by atoms with Crippen molar-refractivity contribution in [2.24, 2.45) is 5.41 Å². The molecule has 0 unspecified atom stereocenters. The van der Waals surface area contributed by atoms with Crippen LogP contribution in [0.2, 0.25) is 5.02 Å². The smallest absolute Gasteiger partial charge is 0.142 e. The molecule has 0 atom stereocenters. The molecule has 110 valence electrons. The van der Waals surface area contributed by atoms with Crippen molar-refractivity contribution in [2.45, 2.75) is 63.4 Å². The van der Waals surface area contributed by atoms with Crippen molar-refractivity contribution in [1.82, 2.24) is 0 Å². The highest BCUT2D eigenvalue weighted by atomic mass is 35.5. The minimum atomic E-state index is -0.703. The van der Waals surface area contributed by atoms with Crippen molar-refractivity contribution in [3.8, 4) is 0 Å². The highest BCUT2D eigenvalue weighted by molar-refractivity contribution is 6.31. The van der Waals surface area contributed by atoms with Crippen LogP contribution in [0.15, 0.2) is 18.2 Å². The molecule has 0 heterocycles. The summed E-state index contributed by atoms with van der Waals surface area (Å²) in [6.07, 6.45) is 9.65. The number of halogens is 2. The zero-order valence-electron chi connectivity index (χ0n) is 11.8. The van der Waals surface area contributed by atoms with E-state index in [-0.39, 0.29) is 5.02 Å². The summed E-state index contributed by atoms with van der Waals surface area (Å²) in [5.74, 6) is -0.393. The van der Waals surface area contributed by atoms with Crippen LogP contribution in [0.5, 0.6) is 0 Å². The van der Waals surface area contributed by atoms with E-state index in [0.717, 1.165) is 31.2 Å². The largest absolute Gasteiger partial charge is 0.390 e. The minimum Gasteiger partial charge on any atom is -0.390 e. The molecule has 1 aromatic carbocycles. The van der Waals surface area contributed by atoms with E-state index in [1.54, 1.807) is 6.07 Å². The topological polar surface area (TPSA) is 20.2 Å². The van der Waals surface area contributed by atoms with Gasteiger partial charge in [0.2, 0.25) is 0 Å². The van der Waals surface area contributed by atoms with Crippen molar-refractivity contribution < 1.29 is 9.50 Å². The van der Waals surface area contributed by atoms with Crippen LogP contribution in [-0.4, -0.2) is 10.7 Å². The van der Waals surface area contributed by atoms with Crippen molar-refractivity contribution in [1.29, 1.82) is 0 Å². The lowest BCUT2D eigenvalue weighted by molar-refractivity contribution is -0.0322. The Morgan fingerprint density at radius 1 is 1.05 bits per heavy atom. The van der Waals surface area contributed by atoms with Gasteiger partial charge in [-0.3, -0.25) is 0 Å². The maximum Gasteiger partial charge on any atom is 0.142 e. The Morgan fingerprint density at radius 3 is 2.35 bits per heavy atom. The Bertz CT molecular complexity index is 484. The van der Waals surface area contributed by atoms with E-state index in [2.05, 4.69) is 0 Å². The average molecular weight is 297 g/mol. The highest BCUT2D eigenvalue weighted by Gasteiger charge is 2.43. The number of hydrogen-bond donors (Lipinski definition) is 1. The van der Waals surface area contributed by atoms with E-state index in [1.807, 2.05) is 6.07 Å². The molecule has 1 N–H and O–H groups in total. The third kappa shape index (κ3) is 2.73. The Kier molecular flexibility index (Phi) is 3.81. The maximum atomic E-state index is 13.5. The van der Waals surface area contributed by atoms with Crippen LogP contribution in [-0.2, 0) is 6.42 Å². The molecule has 3 rings (SSSR count). The first-order chi connectivity index (χ1) is 9.52. The molecule has 2 fully saturated rings. The molecule has 2 saturated carbocycles. The van der Waals surface area contributed by atoms with Gasteiger partial charge in [0.25, 0.3) is 0 Å². The van der Waals surface area contributed by atoms with Crippen LogP contribution >= 0.6 is 11.6 Å². The van der Waals surface area contributed by atoms with E-state index in [4.69, 9.17) is 11.6 Å². The fourth-order valence-electron chi connectivity index (χ4n) is 4.09. The SMILES string of the molecule is OC1(Cc2cccc(F)c2Cl)CCC2(CCCC2)CC1. The zero-order valence-corrected chi connectivity index (χ0v) is 12.6. The monoisotopic (exact) mass is 296 g/mol. The number of rotatable bonds is 2. The Morgan fingerprint density at radius 2 is 1.70 bits per heavy atom. The molecule has 3 heteroatoms. The van der Waals surface area contributed by atoms with Crippen molar-refractivity contribution in [3.05, 3.63) is 34.6 Å². The van der Waals surface area contributed by atoms with Crippen molar-refractivity contribution >= 4 is 11.6 Å². The van der Waals surface area contributed by atoms with Gasteiger partial charge >= 0.3 is 0 Å². The van der Waals surface area contributed by atoms with Crippen LogP contribution in [0.4, 0.5) is 4.39 Å². The fourth-order valence-corrected chi connectivity index (χ4v) is 4.28. The Hall–Kier alpha value is -0.600. The van der Waals surface area contributed by atoms with Crippen molar-refractivity contribution in [2.75, 3.05) is 0 Å². The molecule has 20 heavy (non-hydrogen) atoms. The number of benzene rings is 1. The van der Waals surface area contributed by atoms with Crippen LogP contribution in [0.25, 0.3) is 0 Å². The van der Waals surface area contributed by atoms with Crippen molar-refractivity contribution in [3.63, 3.8) is 0 Å². The third-order valence-electron chi connectivity index (χ3n) is 5.46. The van der Waals surface area contributed by atoms with Gasteiger partial charge in [-0.05, 0) is 55.6 Å². The van der Waals surface area contributed by atoms with E-state index in [1.165, 1.54) is 31.7 Å². The van der Waals surface area contributed by atoms with Crippen LogP contribution in [0.1, 0.15) is 56.9 Å². The second kappa shape index (κ2) is 5.31. The highest BCUT2D eigenvalue weighted by Crippen LogP contribution is 2.51. The van der Waals surface area contributed by atoms with Crippen LogP contribution < -0.4 is 0 Å². The van der Waals surface area contributed by atoms with Gasteiger partial charge in [-0.15, -0.1) is 0 Å². The molecule has 0 aliphatic heterocycles. The van der Waals surface area contributed by atoms with Crippen LogP contribution in [0.3, 0.4) is 0 Å². The fraction of sp³-hybridized carbons (Fsp3) is 0.647. The quantitative estimate of drug-likeness (QED) is 0.824. The number of aliphatic hydroxyl groups is 1. The summed E-state index contributed by atoms with van der Waals surface area (Å²) < 4.78 is 13.5. The lowest BCUT2D eigenvalue weighted by Crippen LogP contribution is -2.39. The Labute approximate surface area is 125 Å². The van der Waals surface area contributed by atoms with E-state index >= 15 is 0 Å². The van der Waals surface area contributed by atoms with E-state index in [9.17, 15) is 9.50 Å². The summed E-state index contributed by atoms with van der Waals surface area (Å²) in [6.45, 7) is 0. The van der Waals surface area contributed by atoms with Gasteiger partial charge in [0.15, 0.2) is 0 Å². The maximum absolute atomic E-state index is 13.5. The molecule has 0 saturated heterocycles. The number of hydrogen-bond acceptors (Lipinski definition) is 1. The van der Waals surface area contributed by atoms with Gasteiger partial charge in [0.1, 0.15) is 5.82 Å². The third-order valence-corrected chi connectivity index (χ3v) is 5.88. The summed E-state index contributed by atoms with van der Waals surface area (Å²) >= 11 is 6.01. The summed E-state index contributed by atoms with van der Waals surface area (Å²) in [5, 5.41) is 11.0. The zero-order chi connectivity index (χ0) is 14.2. The second-order valence-electron chi connectivity index (χ2n) is 6.82. The van der Waals surface area contributed by atoms with E-state index in [0.29, 0.717) is 11.8 Å². The molecule has 0 aromatic heterocycles. The van der Waals surface area contributed by atoms with Gasteiger partial charge < -0.3 is 5.11 Å². The summed E-state index contributed by atoms with van der Waals surface area (Å²) in [7, 11) is 0. The van der Waals surface area contributed by atoms with E-state index < -0.39 is 11.4 Å². The molecule has 0 amide bonds. The van der Waals surface area contributed by atoms with Crippen LogP contribution in [0, 0.1) is 11.2 Å². The van der Waals surface area contributed by atoms with Gasteiger partial charge in [0, 0.05) is 6.42 Å². The first kappa shape index (κ1) is 14.3. The standard InChI is InChI=1S/C17H22ClFO/c18-15-13(4-3-5-14(15)19)12-17(20)10-8-16(9-11-17)6-1-2-7-16/h3-5,20H,1-2,6-12H2. The normalized spacial score (nSPS) is 24.1. The van der Waals surface area contributed by atoms with Gasteiger partial charge in [-0.2, -0.15) is 0 Å². The van der Waals surface area contributed by atoms with Gasteiger partial charge in [0.05, 0.1) is 10.6 Å². The molecule has 0 radical (unpaired) electrons. The average Bonchev–Trinajstić information content (AvgIpc) is 2.88. The predicted octanol–water partition coefficient (Wildman–Crippen LogP) is 4.89. The van der Waals surface area contributed by atoms with Gasteiger partial charge in [-0.25, -0.2) is 4.39 Å². The predicted molar refractivity (Wildman–Crippen MR) is 79.4 cm³/mol.